The van der Waals surface area contributed by atoms with Gasteiger partial charge in [0.15, 0.2) is 5.78 Å². The number of aliphatic hydroxyl groups excluding tert-OH is 1. The number of aryl methyl sites for hydroxylation is 2. The van der Waals surface area contributed by atoms with Crippen LogP contribution >= 0.6 is 11.6 Å². The summed E-state index contributed by atoms with van der Waals surface area (Å²) in [5, 5.41) is 21.6. The van der Waals surface area contributed by atoms with E-state index in [1.54, 1.807) is 4.90 Å². The summed E-state index contributed by atoms with van der Waals surface area (Å²) in [5.74, 6) is -0.297. The highest BCUT2D eigenvalue weighted by molar-refractivity contribution is 6.32. The van der Waals surface area contributed by atoms with E-state index in [1.807, 2.05) is 86.6 Å². The zero-order valence-electron chi connectivity index (χ0n) is 19.8. The van der Waals surface area contributed by atoms with Crippen molar-refractivity contribution in [3.8, 4) is 0 Å². The number of amidine groups is 1. The van der Waals surface area contributed by atoms with E-state index in [-0.39, 0.29) is 17.4 Å². The largest absolute Gasteiger partial charge is 0.507 e. The molecule has 5 rings (SSSR count). The number of anilines is 1. The molecule has 3 aromatic carbocycles. The number of allylic oxidation sites excluding steroid dienone is 2. The van der Waals surface area contributed by atoms with Gasteiger partial charge in [0.25, 0.3) is 0 Å². The van der Waals surface area contributed by atoms with Crippen LogP contribution in [-0.4, -0.2) is 16.7 Å². The molecule has 176 valence electrons. The monoisotopic (exact) mass is 482 g/mol. The lowest BCUT2D eigenvalue weighted by Gasteiger charge is -2.42. The molecule has 0 saturated carbocycles. The molecule has 0 bridgehead atoms. The molecule has 4 nitrogen and oxygen atoms in total. The van der Waals surface area contributed by atoms with Crippen molar-refractivity contribution in [2.24, 2.45) is 0 Å². The van der Waals surface area contributed by atoms with Crippen LogP contribution in [0.3, 0.4) is 0 Å². The van der Waals surface area contributed by atoms with Crippen molar-refractivity contribution in [2.45, 2.75) is 39.0 Å². The smallest absolute Gasteiger partial charge is 0.161 e. The van der Waals surface area contributed by atoms with E-state index < -0.39 is 5.92 Å². The number of rotatable bonds is 3. The molecule has 0 aromatic heterocycles. The van der Waals surface area contributed by atoms with Gasteiger partial charge in [-0.3, -0.25) is 15.1 Å². The molecule has 5 heteroatoms. The number of ketones is 1. The molecule has 2 aliphatic rings. The highest BCUT2D eigenvalue weighted by Gasteiger charge is 2.43. The van der Waals surface area contributed by atoms with Gasteiger partial charge in [0, 0.05) is 45.5 Å². The predicted octanol–water partition coefficient (Wildman–Crippen LogP) is 7.51. The summed E-state index contributed by atoms with van der Waals surface area (Å²) in [6.07, 6.45) is 1.86. The summed E-state index contributed by atoms with van der Waals surface area (Å²) < 4.78 is 0. The van der Waals surface area contributed by atoms with Crippen LogP contribution in [0.4, 0.5) is 5.69 Å². The standard InChI is InChI=1S/C30H27ClN2O2/c1-18-11-14-20(15-12-18)26-27-24(9-6-10-25(27)34)33(22-16-13-19(2)23(31)17-22)30(32)28(26)29(35)21-7-4-3-5-8-21/h3-5,7-8,11-17,26,32,35H,6,9-10H2,1-2H3/b29-28+,32-30?/t26-/m1/s1. The number of carbonyl (C=O) groups is 1. The second-order valence-corrected chi connectivity index (χ2v) is 9.63. The number of nitrogens with one attached hydrogen (secondary N) is 1. The Hall–Kier alpha value is -3.63. The maximum absolute atomic E-state index is 13.5. The number of aliphatic hydroxyl groups is 1. The molecule has 35 heavy (non-hydrogen) atoms. The van der Waals surface area contributed by atoms with Crippen LogP contribution in [0.15, 0.2) is 89.6 Å². The first-order valence-corrected chi connectivity index (χ1v) is 12.2. The number of benzene rings is 3. The van der Waals surface area contributed by atoms with E-state index in [2.05, 4.69) is 0 Å². The third kappa shape index (κ3) is 4.08. The highest BCUT2D eigenvalue weighted by Crippen LogP contribution is 2.48. The van der Waals surface area contributed by atoms with Crippen molar-refractivity contribution in [2.75, 3.05) is 4.90 Å². The summed E-state index contributed by atoms with van der Waals surface area (Å²) in [5.41, 5.74) is 6.16. The van der Waals surface area contributed by atoms with E-state index in [0.717, 1.165) is 28.8 Å². The van der Waals surface area contributed by atoms with Gasteiger partial charge in [0.1, 0.15) is 11.6 Å². The lowest BCUT2D eigenvalue weighted by atomic mass is 9.73. The summed E-state index contributed by atoms with van der Waals surface area (Å²) in [4.78, 5) is 15.3. The van der Waals surface area contributed by atoms with E-state index in [9.17, 15) is 15.3 Å². The first-order chi connectivity index (χ1) is 16.9. The Morgan fingerprint density at radius 2 is 1.71 bits per heavy atom. The summed E-state index contributed by atoms with van der Waals surface area (Å²) in [7, 11) is 0. The van der Waals surface area contributed by atoms with Crippen LogP contribution in [0.25, 0.3) is 5.76 Å². The number of nitrogens with zero attached hydrogens (tertiary/aromatic N) is 1. The van der Waals surface area contributed by atoms with E-state index >= 15 is 0 Å². The molecule has 0 amide bonds. The van der Waals surface area contributed by atoms with E-state index in [0.29, 0.717) is 40.3 Å². The van der Waals surface area contributed by atoms with Crippen LogP contribution in [0, 0.1) is 19.3 Å². The molecule has 0 radical (unpaired) electrons. The Bertz CT molecular complexity index is 1390. The molecule has 1 aliphatic carbocycles. The van der Waals surface area contributed by atoms with Gasteiger partial charge >= 0.3 is 0 Å². The van der Waals surface area contributed by atoms with Gasteiger partial charge in [0.05, 0.1) is 0 Å². The van der Waals surface area contributed by atoms with Gasteiger partial charge in [-0.05, 0) is 49.9 Å². The van der Waals surface area contributed by atoms with Gasteiger partial charge in [0.2, 0.25) is 0 Å². The van der Waals surface area contributed by atoms with Crippen molar-refractivity contribution in [3.05, 3.63) is 117 Å². The van der Waals surface area contributed by atoms with Crippen molar-refractivity contribution in [1.29, 1.82) is 5.41 Å². The average Bonchev–Trinajstić information content (AvgIpc) is 2.86. The third-order valence-electron chi connectivity index (χ3n) is 6.88. The van der Waals surface area contributed by atoms with Gasteiger partial charge in [-0.25, -0.2) is 0 Å². The molecular weight excluding hydrogens is 456 g/mol. The number of carbonyl (C=O) groups excluding carboxylic acids is 1. The molecule has 1 heterocycles. The van der Waals surface area contributed by atoms with E-state index in [4.69, 9.17) is 11.6 Å². The Kier molecular flexibility index (Phi) is 6.08. The molecule has 2 N–H and O–H groups in total. The van der Waals surface area contributed by atoms with Crippen molar-refractivity contribution < 1.29 is 9.90 Å². The number of hydrogen-bond acceptors (Lipinski definition) is 3. The fourth-order valence-electron chi connectivity index (χ4n) is 5.04. The average molecular weight is 483 g/mol. The minimum Gasteiger partial charge on any atom is -0.507 e. The molecular formula is C30H27ClN2O2. The predicted molar refractivity (Wildman–Crippen MR) is 142 cm³/mol. The minimum atomic E-state index is -0.525. The quantitative estimate of drug-likeness (QED) is 0.379. The highest BCUT2D eigenvalue weighted by atomic mass is 35.5. The van der Waals surface area contributed by atoms with Gasteiger partial charge in [-0.1, -0.05) is 77.8 Å². The van der Waals surface area contributed by atoms with Crippen LogP contribution in [-0.2, 0) is 4.79 Å². The zero-order valence-corrected chi connectivity index (χ0v) is 20.6. The summed E-state index contributed by atoms with van der Waals surface area (Å²) >= 11 is 6.48. The fourth-order valence-corrected chi connectivity index (χ4v) is 5.22. The Balaban J connectivity index is 1.83. The Morgan fingerprint density at radius 1 is 1.00 bits per heavy atom. The van der Waals surface area contributed by atoms with Crippen molar-refractivity contribution >= 4 is 34.7 Å². The Morgan fingerprint density at radius 3 is 2.40 bits per heavy atom. The maximum atomic E-state index is 13.5. The Labute approximate surface area is 210 Å². The van der Waals surface area contributed by atoms with Crippen LogP contribution in [0.1, 0.15) is 47.4 Å². The zero-order chi connectivity index (χ0) is 24.7. The van der Waals surface area contributed by atoms with Gasteiger partial charge < -0.3 is 5.11 Å². The van der Waals surface area contributed by atoms with Gasteiger partial charge in [-0.2, -0.15) is 0 Å². The van der Waals surface area contributed by atoms with Crippen molar-refractivity contribution in [3.63, 3.8) is 0 Å². The lowest BCUT2D eigenvalue weighted by molar-refractivity contribution is -0.116. The molecule has 3 aromatic rings. The SMILES string of the molecule is Cc1ccc([C@@H]2C3=C(CCCC3=O)N(c3ccc(C)c(Cl)c3)C(=N)/C2=C(/O)c2ccccc2)cc1. The summed E-state index contributed by atoms with van der Waals surface area (Å²) in [6.45, 7) is 3.95. The molecule has 0 spiro atoms. The maximum Gasteiger partial charge on any atom is 0.161 e. The molecule has 1 atom stereocenters. The normalized spacial score (nSPS) is 19.6. The summed E-state index contributed by atoms with van der Waals surface area (Å²) in [6, 6.07) is 22.9. The third-order valence-corrected chi connectivity index (χ3v) is 7.29. The fraction of sp³-hybridized carbons (Fsp3) is 0.200. The molecule has 0 saturated heterocycles. The number of Topliss-reactive ketones (excluding diaryl/α,β-unsaturated/α-hetero) is 1. The van der Waals surface area contributed by atoms with Crippen LogP contribution in [0.5, 0.6) is 0 Å². The van der Waals surface area contributed by atoms with Gasteiger partial charge in [-0.15, -0.1) is 0 Å². The first kappa shape index (κ1) is 23.1. The first-order valence-electron chi connectivity index (χ1n) is 11.8. The topological polar surface area (TPSA) is 64.4 Å². The number of halogens is 1. The molecule has 0 fully saturated rings. The molecule has 1 aliphatic heterocycles. The second kappa shape index (κ2) is 9.20. The number of hydrogen-bond donors (Lipinski definition) is 2. The lowest BCUT2D eigenvalue weighted by Crippen LogP contribution is -2.42. The van der Waals surface area contributed by atoms with Crippen molar-refractivity contribution in [1.82, 2.24) is 0 Å². The molecule has 0 unspecified atom stereocenters. The minimum absolute atomic E-state index is 0.00862. The van der Waals surface area contributed by atoms with E-state index in [1.165, 1.54) is 0 Å². The second-order valence-electron chi connectivity index (χ2n) is 9.23. The van der Waals surface area contributed by atoms with Crippen LogP contribution < -0.4 is 4.90 Å². The van der Waals surface area contributed by atoms with Crippen LogP contribution in [0.2, 0.25) is 5.02 Å².